The molecule has 1 aromatic rings. The van der Waals surface area contributed by atoms with E-state index in [1.165, 1.54) is 0 Å². The van der Waals surface area contributed by atoms with E-state index < -0.39 is 0 Å². The van der Waals surface area contributed by atoms with E-state index in [0.29, 0.717) is 38.3 Å². The molecule has 0 spiro atoms. The fraction of sp³-hybridized carbons (Fsp3) is 0.579. The van der Waals surface area contributed by atoms with Gasteiger partial charge in [-0.2, -0.15) is 0 Å². The zero-order chi connectivity index (χ0) is 17.7. The highest BCUT2D eigenvalue weighted by Crippen LogP contribution is 2.12. The van der Waals surface area contributed by atoms with Crippen LogP contribution in [0.4, 0.5) is 4.79 Å². The molecule has 1 aliphatic rings. The summed E-state index contributed by atoms with van der Waals surface area (Å²) in [5, 5.41) is 2.99. The van der Waals surface area contributed by atoms with Crippen LogP contribution in [0.25, 0.3) is 0 Å². The molecule has 0 saturated carbocycles. The van der Waals surface area contributed by atoms with E-state index >= 15 is 0 Å². The molecular formula is C19H29N3O2. The predicted molar refractivity (Wildman–Crippen MR) is 96.1 cm³/mol. The summed E-state index contributed by atoms with van der Waals surface area (Å²) < 4.78 is 0. The Labute approximate surface area is 145 Å². The van der Waals surface area contributed by atoms with Crippen molar-refractivity contribution in [1.29, 1.82) is 0 Å². The first-order valence-electron chi connectivity index (χ1n) is 8.65. The maximum absolute atomic E-state index is 12.6. The van der Waals surface area contributed by atoms with E-state index in [9.17, 15) is 9.59 Å². The number of benzene rings is 1. The lowest BCUT2D eigenvalue weighted by Crippen LogP contribution is -2.44. The molecule has 1 saturated heterocycles. The average Bonchev–Trinajstić information content (AvgIpc) is 2.78. The highest BCUT2D eigenvalue weighted by molar-refractivity contribution is 5.94. The van der Waals surface area contributed by atoms with Crippen LogP contribution in [0, 0.1) is 12.3 Å². The van der Waals surface area contributed by atoms with Crippen LogP contribution in [0.1, 0.15) is 43.1 Å². The summed E-state index contributed by atoms with van der Waals surface area (Å²) in [4.78, 5) is 28.6. The molecule has 24 heavy (non-hydrogen) atoms. The molecule has 1 aromatic carbocycles. The maximum Gasteiger partial charge on any atom is 0.317 e. The SMILES string of the molecule is Cc1ccc(C(=O)N2CCCN(C(=O)NCC(C)(C)C)CC2)cc1. The lowest BCUT2D eigenvalue weighted by Gasteiger charge is -2.25. The minimum absolute atomic E-state index is 0.0328. The van der Waals surface area contributed by atoms with Gasteiger partial charge in [0.2, 0.25) is 0 Å². The van der Waals surface area contributed by atoms with Crippen molar-refractivity contribution in [3.63, 3.8) is 0 Å². The van der Waals surface area contributed by atoms with Gasteiger partial charge in [-0.1, -0.05) is 38.5 Å². The second-order valence-electron chi connectivity index (χ2n) is 7.72. The third kappa shape index (κ3) is 5.25. The highest BCUT2D eigenvalue weighted by atomic mass is 16.2. The highest BCUT2D eigenvalue weighted by Gasteiger charge is 2.23. The van der Waals surface area contributed by atoms with E-state index in [1.54, 1.807) is 0 Å². The van der Waals surface area contributed by atoms with E-state index in [4.69, 9.17) is 0 Å². The molecule has 0 unspecified atom stereocenters. The summed E-state index contributed by atoms with van der Waals surface area (Å²) in [6.45, 7) is 11.5. The number of carbonyl (C=O) groups is 2. The van der Waals surface area contributed by atoms with Crippen LogP contribution in [-0.4, -0.2) is 54.5 Å². The van der Waals surface area contributed by atoms with Crippen molar-refractivity contribution in [2.24, 2.45) is 5.41 Å². The average molecular weight is 331 g/mol. The first-order valence-corrected chi connectivity index (χ1v) is 8.65. The van der Waals surface area contributed by atoms with Crippen LogP contribution in [0.2, 0.25) is 0 Å². The van der Waals surface area contributed by atoms with E-state index in [-0.39, 0.29) is 17.4 Å². The molecule has 3 amide bonds. The Kier molecular flexibility index (Phi) is 5.86. The van der Waals surface area contributed by atoms with Crippen molar-refractivity contribution in [2.45, 2.75) is 34.1 Å². The van der Waals surface area contributed by atoms with Gasteiger partial charge in [0.25, 0.3) is 5.91 Å². The number of nitrogens with one attached hydrogen (secondary N) is 1. The van der Waals surface area contributed by atoms with Gasteiger partial charge in [-0.05, 0) is 30.9 Å². The van der Waals surface area contributed by atoms with Gasteiger partial charge in [-0.15, -0.1) is 0 Å². The molecule has 0 aromatic heterocycles. The van der Waals surface area contributed by atoms with Crippen molar-refractivity contribution in [1.82, 2.24) is 15.1 Å². The summed E-state index contributed by atoms with van der Waals surface area (Å²) in [5.74, 6) is 0.0481. The van der Waals surface area contributed by atoms with Gasteiger partial charge < -0.3 is 15.1 Å². The molecule has 132 valence electrons. The van der Waals surface area contributed by atoms with Gasteiger partial charge in [-0.25, -0.2) is 4.79 Å². The molecule has 0 atom stereocenters. The van der Waals surface area contributed by atoms with Gasteiger partial charge in [0.05, 0.1) is 0 Å². The number of amides is 3. The normalized spacial score (nSPS) is 15.8. The maximum atomic E-state index is 12.6. The van der Waals surface area contributed by atoms with Crippen LogP contribution in [0.3, 0.4) is 0 Å². The second kappa shape index (κ2) is 7.69. The number of aryl methyl sites for hydroxylation is 1. The largest absolute Gasteiger partial charge is 0.337 e. The number of rotatable bonds is 2. The van der Waals surface area contributed by atoms with Crippen molar-refractivity contribution in [2.75, 3.05) is 32.7 Å². The Morgan fingerprint density at radius 1 is 1.00 bits per heavy atom. The standard InChI is InChI=1S/C19H29N3O2/c1-15-6-8-16(9-7-15)17(23)21-10-5-11-22(13-12-21)18(24)20-14-19(2,3)4/h6-9H,5,10-14H2,1-4H3,(H,20,24). The van der Waals surface area contributed by atoms with Crippen LogP contribution in [0.5, 0.6) is 0 Å². The van der Waals surface area contributed by atoms with E-state index in [0.717, 1.165) is 12.0 Å². The fourth-order valence-electron chi connectivity index (χ4n) is 2.65. The van der Waals surface area contributed by atoms with Crippen LogP contribution < -0.4 is 5.32 Å². The predicted octanol–water partition coefficient (Wildman–Crippen LogP) is 2.90. The lowest BCUT2D eigenvalue weighted by molar-refractivity contribution is 0.0762. The molecule has 1 aliphatic heterocycles. The van der Waals surface area contributed by atoms with Gasteiger partial charge in [0.1, 0.15) is 0 Å². The zero-order valence-electron chi connectivity index (χ0n) is 15.3. The third-order valence-corrected chi connectivity index (χ3v) is 4.14. The molecule has 0 aliphatic carbocycles. The Balaban J connectivity index is 1.91. The molecular weight excluding hydrogens is 302 g/mol. The smallest absolute Gasteiger partial charge is 0.317 e. The Bertz CT molecular complexity index is 575. The first kappa shape index (κ1) is 18.3. The lowest BCUT2D eigenvalue weighted by atomic mass is 9.97. The summed E-state index contributed by atoms with van der Waals surface area (Å²) in [6, 6.07) is 7.62. The summed E-state index contributed by atoms with van der Waals surface area (Å²) in [5.41, 5.74) is 1.92. The molecule has 1 fully saturated rings. The van der Waals surface area contributed by atoms with Crippen LogP contribution >= 0.6 is 0 Å². The molecule has 1 heterocycles. The van der Waals surface area contributed by atoms with E-state index in [2.05, 4.69) is 26.1 Å². The van der Waals surface area contributed by atoms with Gasteiger partial charge in [0, 0.05) is 38.3 Å². The number of hydrogen-bond donors (Lipinski definition) is 1. The van der Waals surface area contributed by atoms with Crippen molar-refractivity contribution in [3.8, 4) is 0 Å². The third-order valence-electron chi connectivity index (χ3n) is 4.14. The van der Waals surface area contributed by atoms with Crippen LogP contribution in [0.15, 0.2) is 24.3 Å². The summed E-state index contributed by atoms with van der Waals surface area (Å²) >= 11 is 0. The van der Waals surface area contributed by atoms with Gasteiger partial charge >= 0.3 is 6.03 Å². The quantitative estimate of drug-likeness (QED) is 0.906. The zero-order valence-corrected chi connectivity index (χ0v) is 15.3. The minimum atomic E-state index is -0.0328. The van der Waals surface area contributed by atoms with Crippen molar-refractivity contribution < 1.29 is 9.59 Å². The Hall–Kier alpha value is -2.04. The molecule has 5 heteroatoms. The molecule has 1 N–H and O–H groups in total. The first-order chi connectivity index (χ1) is 11.3. The molecule has 0 bridgehead atoms. The van der Waals surface area contributed by atoms with E-state index in [1.807, 2.05) is 41.0 Å². The van der Waals surface area contributed by atoms with Crippen LogP contribution in [-0.2, 0) is 0 Å². The molecule has 5 nitrogen and oxygen atoms in total. The summed E-state index contributed by atoms with van der Waals surface area (Å²) in [6.07, 6.45) is 0.806. The van der Waals surface area contributed by atoms with Gasteiger partial charge in [0.15, 0.2) is 0 Å². The number of nitrogens with zero attached hydrogens (tertiary/aromatic N) is 2. The Morgan fingerprint density at radius 2 is 1.58 bits per heavy atom. The van der Waals surface area contributed by atoms with Gasteiger partial charge in [-0.3, -0.25) is 4.79 Å². The number of urea groups is 1. The fourth-order valence-corrected chi connectivity index (χ4v) is 2.65. The topological polar surface area (TPSA) is 52.7 Å². The molecule has 2 rings (SSSR count). The van der Waals surface area contributed by atoms with Crippen molar-refractivity contribution >= 4 is 11.9 Å². The monoisotopic (exact) mass is 331 g/mol. The number of carbonyl (C=O) groups excluding carboxylic acids is 2. The summed E-state index contributed by atoms with van der Waals surface area (Å²) in [7, 11) is 0. The second-order valence-corrected chi connectivity index (χ2v) is 7.72. The Morgan fingerprint density at radius 3 is 2.21 bits per heavy atom. The van der Waals surface area contributed by atoms with Crippen molar-refractivity contribution in [3.05, 3.63) is 35.4 Å². The number of hydrogen-bond acceptors (Lipinski definition) is 2. The molecule has 0 radical (unpaired) electrons. The minimum Gasteiger partial charge on any atom is -0.337 e.